The van der Waals surface area contributed by atoms with Crippen molar-refractivity contribution in [1.82, 2.24) is 5.32 Å². The Morgan fingerprint density at radius 3 is 2.19 bits per heavy atom. The van der Waals surface area contributed by atoms with Gasteiger partial charge in [0.05, 0.1) is 5.54 Å². The fourth-order valence-electron chi connectivity index (χ4n) is 1.49. The van der Waals surface area contributed by atoms with Gasteiger partial charge in [-0.15, -0.1) is 0 Å². The zero-order valence-electron chi connectivity index (χ0n) is 11.5. The SMILES string of the molecule is CCCCCC(C)(C)CNC(=O)C(C)(C)N. The van der Waals surface area contributed by atoms with Gasteiger partial charge in [0, 0.05) is 6.54 Å². The molecule has 0 rings (SSSR count). The summed E-state index contributed by atoms with van der Waals surface area (Å²) in [6.07, 6.45) is 4.87. The largest absolute Gasteiger partial charge is 0.354 e. The molecule has 0 bridgehead atoms. The van der Waals surface area contributed by atoms with Crippen molar-refractivity contribution >= 4 is 5.91 Å². The highest BCUT2D eigenvalue weighted by atomic mass is 16.2. The number of carbonyl (C=O) groups is 1. The maximum atomic E-state index is 11.6. The number of carbonyl (C=O) groups excluding carboxylic acids is 1. The van der Waals surface area contributed by atoms with Crippen molar-refractivity contribution in [2.75, 3.05) is 6.54 Å². The first-order chi connectivity index (χ1) is 7.19. The lowest BCUT2D eigenvalue weighted by Gasteiger charge is -2.27. The van der Waals surface area contributed by atoms with Gasteiger partial charge in [0.2, 0.25) is 5.91 Å². The van der Waals surface area contributed by atoms with Crippen LogP contribution in [0.3, 0.4) is 0 Å². The second-order valence-corrected chi connectivity index (χ2v) is 6.03. The number of amides is 1. The van der Waals surface area contributed by atoms with Gasteiger partial charge in [-0.3, -0.25) is 4.79 Å². The minimum absolute atomic E-state index is 0.0731. The van der Waals surface area contributed by atoms with Crippen LogP contribution in [-0.2, 0) is 4.79 Å². The van der Waals surface area contributed by atoms with E-state index in [-0.39, 0.29) is 11.3 Å². The van der Waals surface area contributed by atoms with E-state index in [0.29, 0.717) is 6.54 Å². The monoisotopic (exact) mass is 228 g/mol. The van der Waals surface area contributed by atoms with Gasteiger partial charge in [-0.2, -0.15) is 0 Å². The van der Waals surface area contributed by atoms with Gasteiger partial charge in [-0.25, -0.2) is 0 Å². The molecule has 0 saturated heterocycles. The molecule has 3 nitrogen and oxygen atoms in total. The Morgan fingerprint density at radius 2 is 1.75 bits per heavy atom. The van der Waals surface area contributed by atoms with Crippen LogP contribution in [0, 0.1) is 5.41 Å². The summed E-state index contributed by atoms with van der Waals surface area (Å²) in [7, 11) is 0. The minimum atomic E-state index is -0.778. The topological polar surface area (TPSA) is 55.1 Å². The average Bonchev–Trinajstić information content (AvgIpc) is 2.13. The Morgan fingerprint density at radius 1 is 1.19 bits per heavy atom. The third kappa shape index (κ3) is 6.83. The van der Waals surface area contributed by atoms with Crippen molar-refractivity contribution < 1.29 is 4.79 Å². The zero-order chi connectivity index (χ0) is 12.8. The molecule has 0 aromatic rings. The van der Waals surface area contributed by atoms with Gasteiger partial charge in [0.1, 0.15) is 0 Å². The fraction of sp³-hybridized carbons (Fsp3) is 0.923. The van der Waals surface area contributed by atoms with Crippen molar-refractivity contribution in [3.8, 4) is 0 Å². The number of nitrogens with two attached hydrogens (primary N) is 1. The number of unbranched alkanes of at least 4 members (excludes halogenated alkanes) is 2. The van der Waals surface area contributed by atoms with Crippen LogP contribution in [0.25, 0.3) is 0 Å². The Kier molecular flexibility index (Phi) is 6.01. The standard InChI is InChI=1S/C13H28N2O/c1-6-7-8-9-12(2,3)10-15-11(16)13(4,5)14/h6-10,14H2,1-5H3,(H,15,16). The molecule has 1 amide bonds. The van der Waals surface area contributed by atoms with Crippen LogP contribution in [0.1, 0.15) is 60.3 Å². The van der Waals surface area contributed by atoms with E-state index < -0.39 is 5.54 Å². The third-order valence-electron chi connectivity index (χ3n) is 2.77. The molecule has 0 fully saturated rings. The molecule has 16 heavy (non-hydrogen) atoms. The van der Waals surface area contributed by atoms with Gasteiger partial charge < -0.3 is 11.1 Å². The first-order valence-corrected chi connectivity index (χ1v) is 6.26. The van der Waals surface area contributed by atoms with Crippen LogP contribution in [0.2, 0.25) is 0 Å². The lowest BCUT2D eigenvalue weighted by atomic mass is 9.86. The maximum absolute atomic E-state index is 11.6. The van der Waals surface area contributed by atoms with E-state index in [0.717, 1.165) is 6.42 Å². The first-order valence-electron chi connectivity index (χ1n) is 6.26. The summed E-state index contributed by atoms with van der Waals surface area (Å²) in [4.78, 5) is 11.6. The number of rotatable bonds is 7. The van der Waals surface area contributed by atoms with Gasteiger partial charge in [-0.05, 0) is 25.7 Å². The van der Waals surface area contributed by atoms with Crippen molar-refractivity contribution in [3.05, 3.63) is 0 Å². The number of hydrogen-bond acceptors (Lipinski definition) is 2. The molecule has 0 spiro atoms. The quantitative estimate of drug-likeness (QED) is 0.658. The molecule has 96 valence electrons. The first kappa shape index (κ1) is 15.4. The predicted octanol–water partition coefficient (Wildman–Crippen LogP) is 2.45. The van der Waals surface area contributed by atoms with Crippen molar-refractivity contribution in [2.45, 2.75) is 65.8 Å². The lowest BCUT2D eigenvalue weighted by Crippen LogP contribution is -2.51. The summed E-state index contributed by atoms with van der Waals surface area (Å²) < 4.78 is 0. The van der Waals surface area contributed by atoms with Crippen molar-refractivity contribution in [2.24, 2.45) is 11.1 Å². The second kappa shape index (κ2) is 6.24. The molecule has 0 aromatic heterocycles. The molecule has 0 saturated carbocycles. The van der Waals surface area contributed by atoms with Gasteiger partial charge in [0.25, 0.3) is 0 Å². The van der Waals surface area contributed by atoms with E-state index >= 15 is 0 Å². The summed E-state index contributed by atoms with van der Waals surface area (Å²) >= 11 is 0. The van der Waals surface area contributed by atoms with E-state index in [2.05, 4.69) is 26.1 Å². The van der Waals surface area contributed by atoms with Gasteiger partial charge in [0.15, 0.2) is 0 Å². The predicted molar refractivity (Wildman–Crippen MR) is 69.2 cm³/mol. The molecule has 0 atom stereocenters. The highest BCUT2D eigenvalue weighted by Gasteiger charge is 2.24. The van der Waals surface area contributed by atoms with Crippen LogP contribution in [0.5, 0.6) is 0 Å². The van der Waals surface area contributed by atoms with Gasteiger partial charge >= 0.3 is 0 Å². The molecule has 0 aliphatic heterocycles. The third-order valence-corrected chi connectivity index (χ3v) is 2.77. The van der Waals surface area contributed by atoms with E-state index in [1.807, 2.05) is 0 Å². The molecule has 0 unspecified atom stereocenters. The fourth-order valence-corrected chi connectivity index (χ4v) is 1.49. The number of hydrogen-bond donors (Lipinski definition) is 2. The van der Waals surface area contributed by atoms with Crippen LogP contribution in [0.4, 0.5) is 0 Å². The Bertz CT molecular complexity index is 216. The van der Waals surface area contributed by atoms with Crippen LogP contribution in [0.15, 0.2) is 0 Å². The molecule has 0 aromatic carbocycles. The second-order valence-electron chi connectivity index (χ2n) is 6.03. The Hall–Kier alpha value is -0.570. The summed E-state index contributed by atoms with van der Waals surface area (Å²) in [6.45, 7) is 10.7. The molecule has 0 aliphatic carbocycles. The molecule has 0 heterocycles. The Balaban J connectivity index is 3.94. The summed E-state index contributed by atoms with van der Waals surface area (Å²) in [5.41, 5.74) is 5.10. The normalized spacial score (nSPS) is 12.6. The molecule has 3 heteroatoms. The van der Waals surface area contributed by atoms with E-state index in [4.69, 9.17) is 5.73 Å². The average molecular weight is 228 g/mol. The van der Waals surface area contributed by atoms with Crippen molar-refractivity contribution in [1.29, 1.82) is 0 Å². The Labute approximate surface area is 100 Å². The van der Waals surface area contributed by atoms with Crippen LogP contribution < -0.4 is 11.1 Å². The molecular formula is C13H28N2O. The molecule has 0 radical (unpaired) electrons. The molecule has 3 N–H and O–H groups in total. The lowest BCUT2D eigenvalue weighted by molar-refractivity contribution is -0.125. The summed E-state index contributed by atoms with van der Waals surface area (Å²) in [5.74, 6) is -0.0731. The van der Waals surface area contributed by atoms with Crippen LogP contribution >= 0.6 is 0 Å². The smallest absolute Gasteiger partial charge is 0.239 e. The van der Waals surface area contributed by atoms with E-state index in [9.17, 15) is 4.79 Å². The van der Waals surface area contributed by atoms with E-state index in [1.165, 1.54) is 19.3 Å². The van der Waals surface area contributed by atoms with E-state index in [1.54, 1.807) is 13.8 Å². The van der Waals surface area contributed by atoms with Gasteiger partial charge in [-0.1, -0.05) is 40.0 Å². The summed E-state index contributed by atoms with van der Waals surface area (Å²) in [6, 6.07) is 0. The highest BCUT2D eigenvalue weighted by Crippen LogP contribution is 2.22. The summed E-state index contributed by atoms with van der Waals surface area (Å²) in [5, 5.41) is 2.93. The molecule has 0 aliphatic rings. The van der Waals surface area contributed by atoms with Crippen LogP contribution in [-0.4, -0.2) is 18.0 Å². The van der Waals surface area contributed by atoms with Crippen molar-refractivity contribution in [3.63, 3.8) is 0 Å². The highest BCUT2D eigenvalue weighted by molar-refractivity contribution is 5.85. The zero-order valence-corrected chi connectivity index (χ0v) is 11.5. The number of nitrogens with one attached hydrogen (secondary N) is 1. The maximum Gasteiger partial charge on any atom is 0.239 e. The molecular weight excluding hydrogens is 200 g/mol. The minimum Gasteiger partial charge on any atom is -0.354 e.